The number of carbonyl (C=O) groups excluding carboxylic acids is 5. The average Bonchev–Trinajstić information content (AvgIpc) is 3.23. The van der Waals surface area contributed by atoms with Crippen molar-refractivity contribution < 1.29 is 43.8 Å². The lowest BCUT2D eigenvalue weighted by atomic mass is 10.1. The zero-order chi connectivity index (χ0) is 26.0. The smallest absolute Gasteiger partial charge is 0.326 e. The number of carboxylic acid groups (broad SMARTS) is 2. The van der Waals surface area contributed by atoms with Gasteiger partial charge in [-0.3, -0.25) is 28.8 Å². The molecule has 4 unspecified atom stereocenters. The molecule has 15 heteroatoms. The molecule has 0 aromatic rings. The van der Waals surface area contributed by atoms with Gasteiger partial charge in [-0.15, -0.1) is 0 Å². The SMILES string of the molecule is NC(=O)CCC(N)C(=O)NC(CCC(=O)O)C(=O)N1CCCC1C(=O)NC(CC(N)=O)C(=O)O. The molecule has 0 aromatic carbocycles. The van der Waals surface area contributed by atoms with Crippen LogP contribution in [0.2, 0.25) is 0 Å². The van der Waals surface area contributed by atoms with Crippen LogP contribution in [0.15, 0.2) is 0 Å². The van der Waals surface area contributed by atoms with E-state index in [1.165, 1.54) is 0 Å². The summed E-state index contributed by atoms with van der Waals surface area (Å²) in [7, 11) is 0. The number of primary amides is 2. The molecule has 0 saturated carbocycles. The third kappa shape index (κ3) is 9.01. The molecule has 1 saturated heterocycles. The maximum Gasteiger partial charge on any atom is 0.326 e. The van der Waals surface area contributed by atoms with E-state index in [2.05, 4.69) is 10.6 Å². The first kappa shape index (κ1) is 28.3. The van der Waals surface area contributed by atoms with Gasteiger partial charge in [0.1, 0.15) is 18.1 Å². The Morgan fingerprint density at radius 1 is 0.912 bits per heavy atom. The Morgan fingerprint density at radius 2 is 1.56 bits per heavy atom. The van der Waals surface area contributed by atoms with Gasteiger partial charge in [-0.1, -0.05) is 0 Å². The molecule has 190 valence electrons. The molecule has 1 aliphatic heterocycles. The van der Waals surface area contributed by atoms with Crippen molar-refractivity contribution >= 4 is 41.5 Å². The van der Waals surface area contributed by atoms with Crippen molar-refractivity contribution in [1.29, 1.82) is 0 Å². The fourth-order valence-corrected chi connectivity index (χ4v) is 3.41. The van der Waals surface area contributed by atoms with Crippen molar-refractivity contribution in [3.05, 3.63) is 0 Å². The number of carboxylic acids is 2. The third-order valence-electron chi connectivity index (χ3n) is 5.16. The molecule has 0 aromatic heterocycles. The fourth-order valence-electron chi connectivity index (χ4n) is 3.41. The number of hydrogen-bond donors (Lipinski definition) is 7. The standard InChI is InChI=1S/C19H30N6O9/c20-9(3-5-13(21)26)16(30)23-10(4-6-15(28)29)18(32)25-7-1-2-12(25)17(31)24-11(19(33)34)8-14(22)27/h9-12H,1-8,20H2,(H2,21,26)(H2,22,27)(H,23,30)(H,24,31)(H,28,29)(H,33,34). The van der Waals surface area contributed by atoms with Crippen molar-refractivity contribution in [2.45, 2.75) is 69.1 Å². The predicted molar refractivity (Wildman–Crippen MR) is 113 cm³/mol. The van der Waals surface area contributed by atoms with Crippen LogP contribution < -0.4 is 27.8 Å². The van der Waals surface area contributed by atoms with Gasteiger partial charge in [0.2, 0.25) is 29.5 Å². The molecule has 0 bridgehead atoms. The molecule has 15 nitrogen and oxygen atoms in total. The minimum absolute atomic E-state index is 0.0911. The topological polar surface area (TPSA) is 265 Å². The van der Waals surface area contributed by atoms with Crippen LogP contribution in [0.5, 0.6) is 0 Å². The van der Waals surface area contributed by atoms with E-state index in [0.29, 0.717) is 6.42 Å². The highest BCUT2D eigenvalue weighted by Gasteiger charge is 2.39. The molecule has 0 radical (unpaired) electrons. The summed E-state index contributed by atoms with van der Waals surface area (Å²) in [6, 6.07) is -5.21. The van der Waals surface area contributed by atoms with Gasteiger partial charge in [0.25, 0.3) is 0 Å². The molecule has 1 rings (SSSR count). The van der Waals surface area contributed by atoms with Crippen LogP contribution in [0.4, 0.5) is 0 Å². The van der Waals surface area contributed by atoms with Gasteiger partial charge in [-0.05, 0) is 25.7 Å². The van der Waals surface area contributed by atoms with E-state index < -0.39 is 78.5 Å². The van der Waals surface area contributed by atoms with Gasteiger partial charge >= 0.3 is 11.9 Å². The Morgan fingerprint density at radius 3 is 2.09 bits per heavy atom. The second kappa shape index (κ2) is 13.1. The Hall–Kier alpha value is -3.75. The number of aliphatic carboxylic acids is 2. The van der Waals surface area contributed by atoms with Crippen molar-refractivity contribution in [3.63, 3.8) is 0 Å². The van der Waals surface area contributed by atoms with Crippen molar-refractivity contribution in [1.82, 2.24) is 15.5 Å². The van der Waals surface area contributed by atoms with Crippen molar-refractivity contribution in [3.8, 4) is 0 Å². The Kier molecular flexibility index (Phi) is 10.9. The first-order valence-corrected chi connectivity index (χ1v) is 10.5. The molecular formula is C19H30N6O9. The van der Waals surface area contributed by atoms with Crippen LogP contribution in [-0.4, -0.2) is 87.3 Å². The Balaban J connectivity index is 2.97. The van der Waals surface area contributed by atoms with Crippen molar-refractivity contribution in [2.24, 2.45) is 17.2 Å². The summed E-state index contributed by atoms with van der Waals surface area (Å²) in [5.74, 6) is -6.73. The fraction of sp³-hybridized carbons (Fsp3) is 0.632. The largest absolute Gasteiger partial charge is 0.481 e. The maximum absolute atomic E-state index is 13.1. The molecule has 34 heavy (non-hydrogen) atoms. The van der Waals surface area contributed by atoms with Crippen LogP contribution in [0, 0.1) is 0 Å². The van der Waals surface area contributed by atoms with Crippen LogP contribution in [0.1, 0.15) is 44.9 Å². The number of carbonyl (C=O) groups is 7. The lowest BCUT2D eigenvalue weighted by molar-refractivity contribution is -0.146. The number of amides is 5. The van der Waals surface area contributed by atoms with Gasteiger partial charge < -0.3 is 42.9 Å². The molecule has 1 heterocycles. The van der Waals surface area contributed by atoms with E-state index in [1.54, 1.807) is 0 Å². The van der Waals surface area contributed by atoms with E-state index in [9.17, 15) is 38.7 Å². The number of nitrogens with two attached hydrogens (primary N) is 3. The van der Waals surface area contributed by atoms with E-state index in [1.807, 2.05) is 0 Å². The lowest BCUT2D eigenvalue weighted by Crippen LogP contribution is -2.57. The molecule has 1 fully saturated rings. The highest BCUT2D eigenvalue weighted by atomic mass is 16.4. The monoisotopic (exact) mass is 486 g/mol. The zero-order valence-electron chi connectivity index (χ0n) is 18.4. The van der Waals surface area contributed by atoms with Gasteiger partial charge in [0.15, 0.2) is 0 Å². The second-order valence-corrected chi connectivity index (χ2v) is 7.86. The minimum Gasteiger partial charge on any atom is -0.481 e. The van der Waals surface area contributed by atoms with E-state index in [0.717, 1.165) is 4.90 Å². The molecular weight excluding hydrogens is 456 g/mol. The Labute approximate surface area is 194 Å². The summed E-state index contributed by atoms with van der Waals surface area (Å²) in [4.78, 5) is 83.5. The molecule has 0 spiro atoms. The minimum atomic E-state index is -1.59. The summed E-state index contributed by atoms with van der Waals surface area (Å²) in [6.07, 6.45) is -1.13. The molecule has 1 aliphatic rings. The average molecular weight is 486 g/mol. The van der Waals surface area contributed by atoms with E-state index >= 15 is 0 Å². The quantitative estimate of drug-likeness (QED) is 0.126. The lowest BCUT2D eigenvalue weighted by Gasteiger charge is -2.29. The van der Waals surface area contributed by atoms with Crippen LogP contribution in [-0.2, 0) is 33.6 Å². The normalized spacial score (nSPS) is 17.8. The van der Waals surface area contributed by atoms with Gasteiger partial charge in [0, 0.05) is 19.4 Å². The molecule has 4 atom stereocenters. The second-order valence-electron chi connectivity index (χ2n) is 7.86. The summed E-state index contributed by atoms with van der Waals surface area (Å²) >= 11 is 0. The summed E-state index contributed by atoms with van der Waals surface area (Å²) in [6.45, 7) is 0.0949. The van der Waals surface area contributed by atoms with Crippen LogP contribution >= 0.6 is 0 Å². The van der Waals surface area contributed by atoms with E-state index in [-0.39, 0.29) is 32.2 Å². The highest BCUT2D eigenvalue weighted by Crippen LogP contribution is 2.20. The molecule has 5 amide bonds. The predicted octanol–water partition coefficient (Wildman–Crippen LogP) is -3.64. The third-order valence-corrected chi connectivity index (χ3v) is 5.16. The van der Waals surface area contributed by atoms with Crippen molar-refractivity contribution in [2.75, 3.05) is 6.54 Å². The number of hydrogen-bond acceptors (Lipinski definition) is 8. The highest BCUT2D eigenvalue weighted by molar-refractivity contribution is 5.95. The van der Waals surface area contributed by atoms with Gasteiger partial charge in [-0.2, -0.15) is 0 Å². The number of likely N-dealkylation sites (tertiary alicyclic amines) is 1. The first-order chi connectivity index (χ1) is 15.8. The summed E-state index contributed by atoms with van der Waals surface area (Å²) < 4.78 is 0. The van der Waals surface area contributed by atoms with Gasteiger partial charge in [0.05, 0.1) is 12.5 Å². The summed E-state index contributed by atoms with van der Waals surface area (Å²) in [5.41, 5.74) is 15.7. The first-order valence-electron chi connectivity index (χ1n) is 10.5. The van der Waals surface area contributed by atoms with Crippen LogP contribution in [0.3, 0.4) is 0 Å². The Bertz CT molecular complexity index is 833. The zero-order valence-corrected chi connectivity index (χ0v) is 18.4. The van der Waals surface area contributed by atoms with E-state index in [4.69, 9.17) is 22.3 Å². The van der Waals surface area contributed by atoms with Crippen LogP contribution in [0.25, 0.3) is 0 Å². The maximum atomic E-state index is 13.1. The number of nitrogens with zero attached hydrogens (tertiary/aromatic N) is 1. The van der Waals surface area contributed by atoms with Gasteiger partial charge in [-0.25, -0.2) is 4.79 Å². The molecule has 0 aliphatic carbocycles. The molecule has 10 N–H and O–H groups in total. The number of rotatable bonds is 14. The number of nitrogens with one attached hydrogen (secondary N) is 2. The summed E-state index contributed by atoms with van der Waals surface area (Å²) in [5, 5.41) is 22.7.